The highest BCUT2D eigenvalue weighted by atomic mass is 19.4. The van der Waals surface area contributed by atoms with Crippen LogP contribution in [0.1, 0.15) is 11.4 Å². The Morgan fingerprint density at radius 2 is 2.13 bits per heavy atom. The molecule has 1 N–H and O–H groups in total. The van der Waals surface area contributed by atoms with Gasteiger partial charge in [-0.25, -0.2) is 4.68 Å². The molecule has 1 aromatic heterocycles. The van der Waals surface area contributed by atoms with Gasteiger partial charge in [0.15, 0.2) is 5.69 Å². The first-order valence-electron chi connectivity index (χ1n) is 3.98. The monoisotopic (exact) mass is 220 g/mol. The van der Waals surface area contributed by atoms with E-state index in [1.807, 2.05) is 0 Å². The minimum atomic E-state index is -4.62. The first-order valence-corrected chi connectivity index (χ1v) is 3.98. The fraction of sp³-hybridized carbons (Fsp3) is 0.571. The van der Waals surface area contributed by atoms with E-state index in [0.717, 1.165) is 0 Å². The molecule has 0 spiro atoms. The van der Waals surface area contributed by atoms with Crippen molar-refractivity contribution in [2.24, 2.45) is 0 Å². The van der Waals surface area contributed by atoms with Gasteiger partial charge in [-0.2, -0.15) is 18.4 Å². The maximum absolute atomic E-state index is 12.5. The zero-order chi connectivity index (χ0) is 11.5. The molecule has 82 valence electrons. The SMILES string of the molecule is N#CCc1nnn(CCO)c1C(F)(F)F. The molecule has 0 atom stereocenters. The maximum Gasteiger partial charge on any atom is 0.434 e. The zero-order valence-electron chi connectivity index (χ0n) is 7.49. The third-order valence-electron chi connectivity index (χ3n) is 1.63. The number of aromatic nitrogens is 3. The van der Waals surface area contributed by atoms with E-state index >= 15 is 0 Å². The topological polar surface area (TPSA) is 74.7 Å². The van der Waals surface area contributed by atoms with Gasteiger partial charge in [-0.05, 0) is 0 Å². The van der Waals surface area contributed by atoms with Gasteiger partial charge in [0.1, 0.15) is 5.69 Å². The van der Waals surface area contributed by atoms with Gasteiger partial charge < -0.3 is 5.11 Å². The van der Waals surface area contributed by atoms with Crippen LogP contribution in [0.15, 0.2) is 0 Å². The van der Waals surface area contributed by atoms with E-state index in [-0.39, 0.29) is 6.54 Å². The lowest BCUT2D eigenvalue weighted by atomic mass is 10.2. The second kappa shape index (κ2) is 4.27. The fourth-order valence-corrected chi connectivity index (χ4v) is 1.10. The van der Waals surface area contributed by atoms with Crippen molar-refractivity contribution >= 4 is 0 Å². The molecule has 0 saturated heterocycles. The molecule has 8 heteroatoms. The van der Waals surface area contributed by atoms with E-state index in [4.69, 9.17) is 10.4 Å². The molecule has 1 rings (SSSR count). The van der Waals surface area contributed by atoms with Crippen LogP contribution in [0.5, 0.6) is 0 Å². The molecule has 0 aliphatic carbocycles. The minimum absolute atomic E-state index is 0.298. The van der Waals surface area contributed by atoms with Crippen LogP contribution in [-0.4, -0.2) is 26.7 Å². The number of aliphatic hydroxyl groups is 1. The molecule has 1 heterocycles. The molecule has 0 unspecified atom stereocenters. The Kier molecular flexibility index (Phi) is 3.26. The van der Waals surface area contributed by atoms with Crippen molar-refractivity contribution < 1.29 is 18.3 Å². The summed E-state index contributed by atoms with van der Waals surface area (Å²) in [5.41, 5.74) is -1.49. The summed E-state index contributed by atoms with van der Waals surface area (Å²) in [6, 6.07) is 1.57. The van der Waals surface area contributed by atoms with Gasteiger partial charge in [0, 0.05) is 0 Å². The van der Waals surface area contributed by atoms with Crippen molar-refractivity contribution in [2.75, 3.05) is 6.61 Å². The fourth-order valence-electron chi connectivity index (χ4n) is 1.10. The summed E-state index contributed by atoms with van der Waals surface area (Å²) in [4.78, 5) is 0. The van der Waals surface area contributed by atoms with Crippen LogP contribution in [0.3, 0.4) is 0 Å². The normalized spacial score (nSPS) is 11.4. The number of alkyl halides is 3. The van der Waals surface area contributed by atoms with Crippen LogP contribution in [-0.2, 0) is 19.1 Å². The van der Waals surface area contributed by atoms with E-state index in [1.165, 1.54) is 0 Å². The average Bonchev–Trinajstić information content (AvgIpc) is 2.48. The van der Waals surface area contributed by atoms with Crippen LogP contribution in [0, 0.1) is 11.3 Å². The molecule has 5 nitrogen and oxygen atoms in total. The Bertz CT molecular complexity index is 379. The number of aliphatic hydroxyl groups excluding tert-OH is 1. The zero-order valence-corrected chi connectivity index (χ0v) is 7.49. The molecule has 0 fully saturated rings. The first-order chi connectivity index (χ1) is 7.00. The Balaban J connectivity index is 3.15. The van der Waals surface area contributed by atoms with Crippen LogP contribution in [0.4, 0.5) is 13.2 Å². The van der Waals surface area contributed by atoms with E-state index in [0.29, 0.717) is 4.68 Å². The van der Waals surface area contributed by atoms with E-state index in [9.17, 15) is 13.2 Å². The first kappa shape index (κ1) is 11.5. The number of halogens is 3. The molecule has 0 aliphatic rings. The van der Waals surface area contributed by atoms with Gasteiger partial charge in [0.25, 0.3) is 0 Å². The average molecular weight is 220 g/mol. The smallest absolute Gasteiger partial charge is 0.394 e. The Morgan fingerprint density at radius 3 is 2.60 bits per heavy atom. The lowest BCUT2D eigenvalue weighted by molar-refractivity contribution is -0.145. The van der Waals surface area contributed by atoms with Crippen LogP contribution < -0.4 is 0 Å². The molecule has 0 aromatic carbocycles. The third-order valence-corrected chi connectivity index (χ3v) is 1.63. The highest BCUT2D eigenvalue weighted by molar-refractivity contribution is 5.17. The number of hydrogen-bond acceptors (Lipinski definition) is 4. The highest BCUT2D eigenvalue weighted by Crippen LogP contribution is 2.31. The Labute approximate surface area is 82.7 Å². The quantitative estimate of drug-likeness (QED) is 0.797. The highest BCUT2D eigenvalue weighted by Gasteiger charge is 2.38. The molecular weight excluding hydrogens is 213 g/mol. The van der Waals surface area contributed by atoms with E-state index in [2.05, 4.69) is 10.3 Å². The lowest BCUT2D eigenvalue weighted by Crippen LogP contribution is -2.18. The van der Waals surface area contributed by atoms with Gasteiger partial charge >= 0.3 is 6.18 Å². The Hall–Kier alpha value is -1.62. The number of hydrogen-bond donors (Lipinski definition) is 1. The standard InChI is InChI=1S/C7H7F3N4O/c8-7(9,10)6-5(1-2-11)12-13-14(6)3-4-15/h15H,1,3-4H2. The number of rotatable bonds is 3. The Morgan fingerprint density at radius 1 is 1.47 bits per heavy atom. The maximum atomic E-state index is 12.5. The number of nitriles is 1. The molecule has 1 aromatic rings. The summed E-state index contributed by atoms with van der Waals surface area (Å²) in [5, 5.41) is 23.3. The third kappa shape index (κ3) is 2.44. The summed E-state index contributed by atoms with van der Waals surface area (Å²) in [6.45, 7) is -0.772. The van der Waals surface area contributed by atoms with Gasteiger partial charge in [-0.3, -0.25) is 0 Å². The summed E-state index contributed by atoms with van der Waals surface area (Å²) < 4.78 is 38.0. The molecule has 15 heavy (non-hydrogen) atoms. The van der Waals surface area contributed by atoms with Crippen molar-refractivity contribution in [3.63, 3.8) is 0 Å². The molecular formula is C7H7F3N4O. The van der Waals surface area contributed by atoms with E-state index < -0.39 is 30.6 Å². The van der Waals surface area contributed by atoms with Crippen molar-refractivity contribution in [1.82, 2.24) is 15.0 Å². The summed E-state index contributed by atoms with van der Waals surface area (Å²) in [7, 11) is 0. The van der Waals surface area contributed by atoms with Gasteiger partial charge in [-0.15, -0.1) is 5.10 Å². The second-order valence-electron chi connectivity index (χ2n) is 2.66. The number of nitrogens with zero attached hydrogens (tertiary/aromatic N) is 4. The van der Waals surface area contributed by atoms with Crippen molar-refractivity contribution in [1.29, 1.82) is 5.26 Å². The van der Waals surface area contributed by atoms with Gasteiger partial charge in [0.2, 0.25) is 0 Å². The van der Waals surface area contributed by atoms with E-state index in [1.54, 1.807) is 6.07 Å². The predicted octanol–water partition coefficient (Wildman–Crippen LogP) is 0.355. The van der Waals surface area contributed by atoms with Gasteiger partial charge in [0.05, 0.1) is 25.6 Å². The van der Waals surface area contributed by atoms with Crippen LogP contribution in [0.2, 0.25) is 0 Å². The minimum Gasteiger partial charge on any atom is -0.394 e. The van der Waals surface area contributed by atoms with Gasteiger partial charge in [-0.1, -0.05) is 5.21 Å². The summed E-state index contributed by atoms with van der Waals surface area (Å²) in [5.74, 6) is 0. The second-order valence-corrected chi connectivity index (χ2v) is 2.66. The van der Waals surface area contributed by atoms with Crippen molar-refractivity contribution in [3.8, 4) is 6.07 Å². The molecule has 0 aliphatic heterocycles. The van der Waals surface area contributed by atoms with Crippen LogP contribution in [0.25, 0.3) is 0 Å². The molecule has 0 amide bonds. The largest absolute Gasteiger partial charge is 0.434 e. The summed E-state index contributed by atoms with van der Waals surface area (Å²) in [6.07, 6.45) is -5.08. The predicted molar refractivity (Wildman–Crippen MR) is 41.4 cm³/mol. The lowest BCUT2D eigenvalue weighted by Gasteiger charge is -2.08. The van der Waals surface area contributed by atoms with Crippen LogP contribution >= 0.6 is 0 Å². The molecule has 0 radical (unpaired) electrons. The van der Waals surface area contributed by atoms with Crippen molar-refractivity contribution in [2.45, 2.75) is 19.1 Å². The summed E-state index contributed by atoms with van der Waals surface area (Å²) >= 11 is 0. The molecule has 0 bridgehead atoms. The van der Waals surface area contributed by atoms with Crippen molar-refractivity contribution in [3.05, 3.63) is 11.4 Å². The molecule has 0 saturated carbocycles.